The molecule has 1 N–H and O–H groups in total. The number of esters is 1. The van der Waals surface area contributed by atoms with Crippen LogP contribution in [-0.2, 0) is 19.3 Å². The molecule has 0 aromatic heterocycles. The number of rotatable bonds is 7. The molecular weight excluding hydrogens is 398 g/mol. The van der Waals surface area contributed by atoms with Crippen LogP contribution in [0.5, 0.6) is 0 Å². The van der Waals surface area contributed by atoms with E-state index >= 15 is 0 Å². The standard InChI is InChI=1S/C22H28F2O4S/c1-14(2)17-3-5-18(6-4-17)21-10-15-7-16(11-21)9-20(8-15,12-21)13-27-19(25)22(23,24)29-28-26/h3-6,14-16,26H,7-13H2,1-2H3. The normalized spacial score (nSPS) is 33.3. The van der Waals surface area contributed by atoms with Crippen LogP contribution in [0.15, 0.2) is 24.3 Å². The van der Waals surface area contributed by atoms with Crippen LogP contribution in [-0.4, -0.2) is 23.1 Å². The van der Waals surface area contributed by atoms with Gasteiger partial charge in [0.2, 0.25) is 0 Å². The average Bonchev–Trinajstić information content (AvgIpc) is 2.65. The molecule has 0 radical (unpaired) electrons. The second kappa shape index (κ2) is 7.50. The molecule has 2 atom stereocenters. The topological polar surface area (TPSA) is 55.8 Å². The molecule has 4 nitrogen and oxygen atoms in total. The molecule has 5 rings (SSSR count). The third kappa shape index (κ3) is 3.93. The summed E-state index contributed by atoms with van der Waals surface area (Å²) in [6.45, 7) is 4.37. The van der Waals surface area contributed by atoms with Crippen molar-refractivity contribution in [2.24, 2.45) is 17.3 Å². The van der Waals surface area contributed by atoms with Gasteiger partial charge < -0.3 is 4.74 Å². The van der Waals surface area contributed by atoms with Crippen LogP contribution in [0, 0.1) is 17.3 Å². The molecule has 160 valence electrons. The molecule has 1 aromatic rings. The maximum Gasteiger partial charge on any atom is 0.415 e. The number of hydrogen-bond acceptors (Lipinski definition) is 5. The minimum atomic E-state index is -3.92. The zero-order valence-electron chi connectivity index (χ0n) is 16.8. The minimum Gasteiger partial charge on any atom is -0.460 e. The molecular formula is C22H28F2O4S. The van der Waals surface area contributed by atoms with Gasteiger partial charge in [0.05, 0.1) is 6.61 Å². The molecule has 0 saturated heterocycles. The van der Waals surface area contributed by atoms with E-state index < -0.39 is 23.3 Å². The summed E-state index contributed by atoms with van der Waals surface area (Å²) in [4.78, 5) is 11.8. The Morgan fingerprint density at radius 3 is 2.38 bits per heavy atom. The van der Waals surface area contributed by atoms with Crippen LogP contribution >= 0.6 is 12.0 Å². The highest BCUT2D eigenvalue weighted by Crippen LogP contribution is 2.65. The smallest absolute Gasteiger partial charge is 0.415 e. The summed E-state index contributed by atoms with van der Waals surface area (Å²) in [5.41, 5.74) is 2.46. The summed E-state index contributed by atoms with van der Waals surface area (Å²) in [5.74, 6) is -0.0676. The van der Waals surface area contributed by atoms with Crippen molar-refractivity contribution in [3.05, 3.63) is 35.4 Å². The van der Waals surface area contributed by atoms with Gasteiger partial charge in [0.15, 0.2) is 0 Å². The second-order valence-electron chi connectivity index (χ2n) is 9.77. The van der Waals surface area contributed by atoms with Crippen molar-refractivity contribution in [3.63, 3.8) is 0 Å². The molecule has 4 fully saturated rings. The molecule has 29 heavy (non-hydrogen) atoms. The zero-order valence-corrected chi connectivity index (χ0v) is 17.6. The fourth-order valence-corrected chi connectivity index (χ4v) is 6.78. The number of hydrogen-bond donors (Lipinski definition) is 1. The lowest BCUT2D eigenvalue weighted by Gasteiger charge is -2.62. The SMILES string of the molecule is CC(C)c1ccc(C23CC4CC(CC(COC(=O)C(F)(F)SOO)(C4)C2)C3)cc1. The molecule has 2 unspecified atom stereocenters. The van der Waals surface area contributed by atoms with Gasteiger partial charge >= 0.3 is 11.2 Å². The van der Waals surface area contributed by atoms with E-state index in [0.29, 0.717) is 17.8 Å². The maximum absolute atomic E-state index is 13.6. The molecule has 7 heteroatoms. The lowest BCUT2D eigenvalue weighted by Crippen LogP contribution is -2.55. The van der Waals surface area contributed by atoms with E-state index in [1.165, 1.54) is 17.5 Å². The Hall–Kier alpha value is -1.18. The van der Waals surface area contributed by atoms with Crippen molar-refractivity contribution in [1.82, 2.24) is 0 Å². The number of benzene rings is 1. The summed E-state index contributed by atoms with van der Waals surface area (Å²) in [6.07, 6.45) is 6.17. The predicted molar refractivity (Wildman–Crippen MR) is 107 cm³/mol. The number of halogens is 2. The third-order valence-electron chi connectivity index (χ3n) is 7.26. The summed E-state index contributed by atoms with van der Waals surface area (Å²) >= 11 is -0.594. The molecule has 4 aliphatic rings. The number of carbonyl (C=O) groups is 1. The van der Waals surface area contributed by atoms with Crippen LogP contribution in [0.2, 0.25) is 0 Å². The average molecular weight is 427 g/mol. The number of ether oxygens (including phenoxy) is 1. The predicted octanol–water partition coefficient (Wildman–Crippen LogP) is 5.92. The first-order valence-electron chi connectivity index (χ1n) is 10.3. The van der Waals surface area contributed by atoms with Crippen LogP contribution < -0.4 is 0 Å². The number of alkyl halides is 2. The molecule has 0 spiro atoms. The van der Waals surface area contributed by atoms with Crippen LogP contribution in [0.1, 0.15) is 69.4 Å². The van der Waals surface area contributed by atoms with Gasteiger partial charge in [-0.05, 0) is 72.8 Å². The van der Waals surface area contributed by atoms with Crippen molar-refractivity contribution < 1.29 is 27.9 Å². The van der Waals surface area contributed by atoms with E-state index in [1.54, 1.807) is 0 Å². The molecule has 0 amide bonds. The van der Waals surface area contributed by atoms with Gasteiger partial charge in [-0.1, -0.05) is 38.1 Å². The van der Waals surface area contributed by atoms with E-state index in [1.807, 2.05) is 0 Å². The van der Waals surface area contributed by atoms with Crippen molar-refractivity contribution >= 4 is 18.0 Å². The molecule has 1 aromatic carbocycles. The first-order chi connectivity index (χ1) is 13.7. The Bertz CT molecular complexity index is 751. The number of carbonyl (C=O) groups excluding carboxylic acids is 1. The highest BCUT2D eigenvalue weighted by Gasteiger charge is 2.59. The Labute approximate surface area is 174 Å². The Morgan fingerprint density at radius 1 is 1.21 bits per heavy atom. The van der Waals surface area contributed by atoms with E-state index in [9.17, 15) is 13.6 Å². The van der Waals surface area contributed by atoms with Gasteiger partial charge in [0.25, 0.3) is 0 Å². The summed E-state index contributed by atoms with van der Waals surface area (Å²) in [6, 6.07) is 8.90. The van der Waals surface area contributed by atoms with Crippen LogP contribution in [0.25, 0.3) is 0 Å². The molecule has 4 aliphatic carbocycles. The Balaban J connectivity index is 1.53. The van der Waals surface area contributed by atoms with Crippen molar-refractivity contribution in [2.75, 3.05) is 6.61 Å². The van der Waals surface area contributed by atoms with Gasteiger partial charge in [-0.2, -0.15) is 13.1 Å². The van der Waals surface area contributed by atoms with E-state index in [2.05, 4.69) is 42.4 Å². The van der Waals surface area contributed by atoms with E-state index in [0.717, 1.165) is 32.1 Å². The van der Waals surface area contributed by atoms with Crippen molar-refractivity contribution in [1.29, 1.82) is 0 Å². The maximum atomic E-state index is 13.6. The fraction of sp³-hybridized carbons (Fsp3) is 0.682. The van der Waals surface area contributed by atoms with Gasteiger partial charge in [-0.3, -0.25) is 0 Å². The summed E-state index contributed by atoms with van der Waals surface area (Å²) in [5, 5.41) is 4.32. The van der Waals surface area contributed by atoms with Crippen molar-refractivity contribution in [3.8, 4) is 0 Å². The van der Waals surface area contributed by atoms with Crippen molar-refractivity contribution in [2.45, 2.75) is 69.0 Å². The fourth-order valence-electron chi connectivity index (χ4n) is 6.56. The first kappa shape index (κ1) is 21.1. The largest absolute Gasteiger partial charge is 0.460 e. The van der Waals surface area contributed by atoms with E-state index in [4.69, 9.17) is 9.99 Å². The highest BCUT2D eigenvalue weighted by atomic mass is 32.2. The minimum absolute atomic E-state index is 0.00619. The van der Waals surface area contributed by atoms with Gasteiger partial charge in [0.1, 0.15) is 12.0 Å². The quantitative estimate of drug-likeness (QED) is 0.254. The molecule has 0 heterocycles. The second-order valence-corrected chi connectivity index (χ2v) is 10.6. The highest BCUT2D eigenvalue weighted by molar-refractivity contribution is 7.96. The summed E-state index contributed by atoms with van der Waals surface area (Å²) in [7, 11) is 0. The molecule has 4 saturated carbocycles. The monoisotopic (exact) mass is 426 g/mol. The Kier molecular flexibility index (Phi) is 5.45. The van der Waals surface area contributed by atoms with Gasteiger partial charge in [-0.25, -0.2) is 10.1 Å². The molecule has 0 aliphatic heterocycles. The molecule has 4 bridgehead atoms. The lowest BCUT2D eigenvalue weighted by atomic mass is 9.43. The van der Waals surface area contributed by atoms with E-state index in [-0.39, 0.29) is 17.4 Å². The van der Waals surface area contributed by atoms with Crippen LogP contribution in [0.3, 0.4) is 0 Å². The first-order valence-corrected chi connectivity index (χ1v) is 11.1. The van der Waals surface area contributed by atoms with Gasteiger partial charge in [0, 0.05) is 5.41 Å². The lowest BCUT2D eigenvalue weighted by molar-refractivity contribution is -0.175. The van der Waals surface area contributed by atoms with Crippen LogP contribution in [0.4, 0.5) is 8.78 Å². The third-order valence-corrected chi connectivity index (χ3v) is 7.71. The van der Waals surface area contributed by atoms with Gasteiger partial charge in [-0.15, -0.1) is 0 Å². The Morgan fingerprint density at radius 2 is 1.83 bits per heavy atom. The summed E-state index contributed by atoms with van der Waals surface area (Å²) < 4.78 is 35.7. The zero-order chi connectivity index (χ0) is 20.9.